The quantitative estimate of drug-likeness (QED) is 0.568. The second-order valence-corrected chi connectivity index (χ2v) is 5.69. The number of benzene rings is 1. The van der Waals surface area contributed by atoms with Crippen molar-refractivity contribution in [1.29, 1.82) is 0 Å². The largest absolute Gasteiger partial charge is 0.471 e. The Kier molecular flexibility index (Phi) is 6.33. The molecule has 0 radical (unpaired) electrons. The Bertz CT molecular complexity index is 881. The third kappa shape index (κ3) is 5.53. The predicted octanol–water partition coefficient (Wildman–Crippen LogP) is 2.34. The molecule has 0 atom stereocenters. The van der Waals surface area contributed by atoms with E-state index in [4.69, 9.17) is 0 Å². The van der Waals surface area contributed by atoms with E-state index in [2.05, 4.69) is 10.4 Å². The number of hydrogen-bond acceptors (Lipinski definition) is 5. The molecule has 0 aliphatic rings. The minimum Gasteiger partial charge on any atom is -0.358 e. The van der Waals surface area contributed by atoms with E-state index in [9.17, 15) is 32.9 Å². The van der Waals surface area contributed by atoms with Crippen LogP contribution in [0.1, 0.15) is 12.5 Å². The Morgan fingerprint density at radius 1 is 1.32 bits per heavy atom. The van der Waals surface area contributed by atoms with Gasteiger partial charge in [0.1, 0.15) is 6.54 Å². The van der Waals surface area contributed by atoms with E-state index in [1.165, 1.54) is 37.4 Å². The van der Waals surface area contributed by atoms with Gasteiger partial charge in [-0.1, -0.05) is 12.1 Å². The fraction of sp³-hybridized carbons (Fsp3) is 0.312. The Morgan fingerprint density at radius 2 is 2.04 bits per heavy atom. The van der Waals surface area contributed by atoms with E-state index in [1.54, 1.807) is 0 Å². The maximum absolute atomic E-state index is 12.6. The van der Waals surface area contributed by atoms with Crippen LogP contribution in [-0.4, -0.2) is 44.1 Å². The van der Waals surface area contributed by atoms with Crippen LogP contribution in [0.3, 0.4) is 0 Å². The fourth-order valence-corrected chi connectivity index (χ4v) is 2.36. The standard InChI is InChI=1S/C16H16F3N5O4/c1-2-22(15(26)16(17,18)19)9-11-4-3-5-12(8-11)20-14(25)10-23-7-6-13(21-23)24(27)28/h3-8H,2,9-10H2,1H3,(H,20,25). The minimum atomic E-state index is -4.96. The highest BCUT2D eigenvalue weighted by Gasteiger charge is 2.41. The Labute approximate surface area is 156 Å². The number of hydrogen-bond donors (Lipinski definition) is 1. The highest BCUT2D eigenvalue weighted by atomic mass is 19.4. The van der Waals surface area contributed by atoms with Crippen LogP contribution in [0.5, 0.6) is 0 Å². The summed E-state index contributed by atoms with van der Waals surface area (Å²) in [6.07, 6.45) is -3.69. The van der Waals surface area contributed by atoms with Crippen molar-refractivity contribution >= 4 is 23.3 Å². The zero-order valence-electron chi connectivity index (χ0n) is 14.6. The Hall–Kier alpha value is -3.44. The molecule has 2 aromatic rings. The van der Waals surface area contributed by atoms with Crippen molar-refractivity contribution in [3.05, 3.63) is 52.2 Å². The highest BCUT2D eigenvalue weighted by Crippen LogP contribution is 2.21. The monoisotopic (exact) mass is 399 g/mol. The number of aromatic nitrogens is 2. The first-order valence-corrected chi connectivity index (χ1v) is 8.03. The van der Waals surface area contributed by atoms with Crippen LogP contribution in [0.25, 0.3) is 0 Å². The van der Waals surface area contributed by atoms with E-state index >= 15 is 0 Å². The van der Waals surface area contributed by atoms with Gasteiger partial charge >= 0.3 is 17.9 Å². The van der Waals surface area contributed by atoms with Gasteiger partial charge in [-0.15, -0.1) is 0 Å². The number of nitrogens with one attached hydrogen (secondary N) is 1. The molecule has 0 aliphatic carbocycles. The third-order valence-corrected chi connectivity index (χ3v) is 3.61. The van der Waals surface area contributed by atoms with E-state index in [1.807, 2.05) is 0 Å². The predicted molar refractivity (Wildman–Crippen MR) is 91.1 cm³/mol. The summed E-state index contributed by atoms with van der Waals surface area (Å²) in [5, 5.41) is 16.7. The molecule has 9 nitrogen and oxygen atoms in total. The molecule has 0 aliphatic heterocycles. The van der Waals surface area contributed by atoms with Crippen molar-refractivity contribution in [2.24, 2.45) is 0 Å². The first kappa shape index (κ1) is 20.9. The number of carbonyl (C=O) groups excluding carboxylic acids is 2. The van der Waals surface area contributed by atoms with Crippen LogP contribution in [0.2, 0.25) is 0 Å². The van der Waals surface area contributed by atoms with Crippen molar-refractivity contribution in [2.45, 2.75) is 26.2 Å². The van der Waals surface area contributed by atoms with Gasteiger partial charge in [-0.2, -0.15) is 17.9 Å². The molecule has 0 fully saturated rings. The lowest BCUT2D eigenvalue weighted by Crippen LogP contribution is -2.40. The number of nitro groups is 1. The molecule has 0 unspecified atom stereocenters. The molecule has 1 aromatic heterocycles. The highest BCUT2D eigenvalue weighted by molar-refractivity contribution is 5.90. The number of anilines is 1. The maximum Gasteiger partial charge on any atom is 0.471 e. The van der Waals surface area contributed by atoms with E-state index in [-0.39, 0.29) is 19.6 Å². The maximum atomic E-state index is 12.6. The molecule has 28 heavy (non-hydrogen) atoms. The molecule has 0 saturated carbocycles. The first-order valence-electron chi connectivity index (χ1n) is 8.03. The van der Waals surface area contributed by atoms with Gasteiger partial charge < -0.3 is 20.3 Å². The molecule has 0 bridgehead atoms. The summed E-state index contributed by atoms with van der Waals surface area (Å²) in [5.41, 5.74) is 0.701. The van der Waals surface area contributed by atoms with E-state index in [0.29, 0.717) is 16.2 Å². The van der Waals surface area contributed by atoms with Crippen molar-refractivity contribution in [2.75, 3.05) is 11.9 Å². The molecule has 2 rings (SSSR count). The van der Waals surface area contributed by atoms with Crippen LogP contribution in [0.4, 0.5) is 24.7 Å². The van der Waals surface area contributed by atoms with E-state index in [0.717, 1.165) is 10.7 Å². The smallest absolute Gasteiger partial charge is 0.358 e. The summed E-state index contributed by atoms with van der Waals surface area (Å²) in [4.78, 5) is 34.0. The van der Waals surface area contributed by atoms with Gasteiger partial charge in [0.2, 0.25) is 5.91 Å². The van der Waals surface area contributed by atoms with Crippen molar-refractivity contribution in [3.8, 4) is 0 Å². The lowest BCUT2D eigenvalue weighted by atomic mass is 10.2. The van der Waals surface area contributed by atoms with Crippen molar-refractivity contribution in [3.63, 3.8) is 0 Å². The number of halogens is 3. The topological polar surface area (TPSA) is 110 Å². The normalized spacial score (nSPS) is 11.1. The van der Waals surface area contributed by atoms with Gasteiger partial charge in [0.05, 0.1) is 17.4 Å². The lowest BCUT2D eigenvalue weighted by Gasteiger charge is -2.22. The molecule has 2 amide bonds. The summed E-state index contributed by atoms with van der Waals surface area (Å²) in [5.74, 6) is -2.87. The van der Waals surface area contributed by atoms with Crippen molar-refractivity contribution in [1.82, 2.24) is 14.7 Å². The Balaban J connectivity index is 2.02. The SMILES string of the molecule is CCN(Cc1cccc(NC(=O)Cn2ccc([N+](=O)[O-])n2)c1)C(=O)C(F)(F)F. The first-order chi connectivity index (χ1) is 13.1. The summed E-state index contributed by atoms with van der Waals surface area (Å²) < 4.78 is 38.9. The van der Waals surface area contributed by atoms with Gasteiger partial charge in [-0.25, -0.2) is 0 Å². The van der Waals surface area contributed by atoms with Crippen LogP contribution < -0.4 is 5.32 Å². The van der Waals surface area contributed by atoms with Crippen molar-refractivity contribution < 1.29 is 27.7 Å². The average Bonchev–Trinajstić information content (AvgIpc) is 3.07. The second-order valence-electron chi connectivity index (χ2n) is 5.69. The van der Waals surface area contributed by atoms with Crippen LogP contribution in [0, 0.1) is 10.1 Å². The molecular weight excluding hydrogens is 383 g/mol. The third-order valence-electron chi connectivity index (χ3n) is 3.61. The number of carbonyl (C=O) groups is 2. The summed E-state index contributed by atoms with van der Waals surface area (Å²) in [6.45, 7) is 0.737. The molecule has 150 valence electrons. The van der Waals surface area contributed by atoms with Crippen LogP contribution >= 0.6 is 0 Å². The molecule has 12 heteroatoms. The zero-order chi connectivity index (χ0) is 20.9. The molecular formula is C16H16F3N5O4. The molecule has 1 aromatic carbocycles. The van der Waals surface area contributed by atoms with Crippen LogP contribution in [0.15, 0.2) is 36.5 Å². The summed E-state index contributed by atoms with van der Waals surface area (Å²) >= 11 is 0. The molecule has 0 spiro atoms. The molecule has 0 saturated heterocycles. The van der Waals surface area contributed by atoms with Gasteiger partial charge in [0.25, 0.3) is 0 Å². The van der Waals surface area contributed by atoms with Gasteiger partial charge in [-0.3, -0.25) is 9.59 Å². The minimum absolute atomic E-state index is 0.132. The number of alkyl halides is 3. The average molecular weight is 399 g/mol. The molecule has 1 heterocycles. The lowest BCUT2D eigenvalue weighted by molar-refractivity contribution is -0.389. The Morgan fingerprint density at radius 3 is 2.61 bits per heavy atom. The zero-order valence-corrected chi connectivity index (χ0v) is 14.6. The number of rotatable bonds is 7. The number of nitrogens with zero attached hydrogens (tertiary/aromatic N) is 4. The van der Waals surface area contributed by atoms with Crippen LogP contribution in [-0.2, 0) is 22.7 Å². The summed E-state index contributed by atoms with van der Waals surface area (Å²) in [7, 11) is 0. The number of amides is 2. The fourth-order valence-electron chi connectivity index (χ4n) is 2.36. The molecule has 1 N–H and O–H groups in total. The second kappa shape index (κ2) is 8.50. The van der Waals surface area contributed by atoms with Gasteiger partial charge in [0.15, 0.2) is 0 Å². The van der Waals surface area contributed by atoms with Gasteiger partial charge in [0, 0.05) is 18.8 Å². The van der Waals surface area contributed by atoms with E-state index < -0.39 is 28.7 Å². The summed E-state index contributed by atoms with van der Waals surface area (Å²) in [6, 6.07) is 7.16. The van der Waals surface area contributed by atoms with Gasteiger partial charge in [-0.05, 0) is 29.5 Å².